The molecule has 5 nitrogen and oxygen atoms in total. The second kappa shape index (κ2) is 6.68. The fourth-order valence-electron chi connectivity index (χ4n) is 3.16. The second-order valence-electron chi connectivity index (χ2n) is 5.99. The van der Waals surface area contributed by atoms with Crippen molar-refractivity contribution < 1.29 is 14.6 Å². The number of hydrogen-bond donors (Lipinski definition) is 3. The Morgan fingerprint density at radius 1 is 1.37 bits per heavy atom. The number of rotatable bonds is 4. The molecule has 1 saturated carbocycles. The zero-order valence-electron chi connectivity index (χ0n) is 11.6. The number of carbonyl (C=O) groups is 1. The highest BCUT2D eigenvalue weighted by molar-refractivity contribution is 5.83. The van der Waals surface area contributed by atoms with E-state index in [4.69, 9.17) is 10.5 Å². The summed E-state index contributed by atoms with van der Waals surface area (Å²) >= 11 is 0. The van der Waals surface area contributed by atoms with Crippen molar-refractivity contribution in [3.63, 3.8) is 0 Å². The molecule has 19 heavy (non-hydrogen) atoms. The normalized spacial score (nSPS) is 30.8. The first-order valence-electron chi connectivity index (χ1n) is 7.40. The van der Waals surface area contributed by atoms with Crippen molar-refractivity contribution in [2.75, 3.05) is 26.3 Å². The minimum Gasteiger partial charge on any atom is -0.393 e. The minimum atomic E-state index is -0.439. The summed E-state index contributed by atoms with van der Waals surface area (Å²) in [4.78, 5) is 12.4. The third kappa shape index (κ3) is 3.68. The summed E-state index contributed by atoms with van der Waals surface area (Å²) < 4.78 is 5.32. The van der Waals surface area contributed by atoms with Gasteiger partial charge >= 0.3 is 0 Å². The van der Waals surface area contributed by atoms with Crippen LogP contribution in [0, 0.1) is 11.3 Å². The van der Waals surface area contributed by atoms with Crippen LogP contribution in [0.25, 0.3) is 0 Å². The van der Waals surface area contributed by atoms with Crippen LogP contribution in [-0.4, -0.2) is 43.4 Å². The molecule has 5 heteroatoms. The van der Waals surface area contributed by atoms with Gasteiger partial charge in [-0.05, 0) is 38.0 Å². The van der Waals surface area contributed by atoms with E-state index in [2.05, 4.69) is 5.32 Å². The Kier molecular flexibility index (Phi) is 5.19. The van der Waals surface area contributed by atoms with E-state index in [1.165, 1.54) is 0 Å². The molecule has 1 aliphatic carbocycles. The van der Waals surface area contributed by atoms with Gasteiger partial charge in [0.2, 0.25) is 5.91 Å². The highest BCUT2D eigenvalue weighted by Crippen LogP contribution is 2.30. The van der Waals surface area contributed by atoms with E-state index in [0.29, 0.717) is 45.1 Å². The van der Waals surface area contributed by atoms with Crippen LogP contribution in [0.15, 0.2) is 0 Å². The number of aliphatic hydroxyl groups is 1. The van der Waals surface area contributed by atoms with Gasteiger partial charge in [0, 0.05) is 26.3 Å². The van der Waals surface area contributed by atoms with Crippen molar-refractivity contribution >= 4 is 5.91 Å². The first kappa shape index (κ1) is 14.8. The maximum atomic E-state index is 12.4. The standard InChI is InChI=1S/C14H26N2O3/c15-10-14(4-6-19-7-5-14)13(18)16-9-11-2-1-3-12(17)8-11/h11-12,17H,1-10,15H2,(H,16,18). The summed E-state index contributed by atoms with van der Waals surface area (Å²) in [6.07, 6.45) is 5.08. The smallest absolute Gasteiger partial charge is 0.227 e. The van der Waals surface area contributed by atoms with Gasteiger partial charge in [-0.1, -0.05) is 6.42 Å². The van der Waals surface area contributed by atoms with Crippen molar-refractivity contribution in [2.45, 2.75) is 44.6 Å². The Hall–Kier alpha value is -0.650. The number of carbonyl (C=O) groups excluding carboxylic acids is 1. The molecule has 0 spiro atoms. The lowest BCUT2D eigenvalue weighted by Gasteiger charge is -2.35. The molecule has 2 rings (SSSR count). The number of nitrogens with one attached hydrogen (secondary N) is 1. The fourth-order valence-corrected chi connectivity index (χ4v) is 3.16. The van der Waals surface area contributed by atoms with Crippen molar-refractivity contribution in [3.8, 4) is 0 Å². The van der Waals surface area contributed by atoms with Gasteiger partial charge in [0.05, 0.1) is 11.5 Å². The highest BCUT2D eigenvalue weighted by atomic mass is 16.5. The van der Waals surface area contributed by atoms with Crippen LogP contribution in [-0.2, 0) is 9.53 Å². The van der Waals surface area contributed by atoms with Gasteiger partial charge < -0.3 is 20.9 Å². The lowest BCUT2D eigenvalue weighted by Crippen LogP contribution is -2.50. The van der Waals surface area contributed by atoms with Crippen LogP contribution >= 0.6 is 0 Å². The number of amides is 1. The summed E-state index contributed by atoms with van der Waals surface area (Å²) in [6, 6.07) is 0. The third-order valence-corrected chi connectivity index (χ3v) is 4.63. The van der Waals surface area contributed by atoms with E-state index in [1.807, 2.05) is 0 Å². The Morgan fingerprint density at radius 3 is 2.74 bits per heavy atom. The number of aliphatic hydroxyl groups excluding tert-OH is 1. The number of hydrogen-bond acceptors (Lipinski definition) is 4. The molecule has 1 aliphatic heterocycles. The second-order valence-corrected chi connectivity index (χ2v) is 5.99. The maximum absolute atomic E-state index is 12.4. The van der Waals surface area contributed by atoms with Crippen molar-refractivity contribution in [1.29, 1.82) is 0 Å². The molecular weight excluding hydrogens is 244 g/mol. The van der Waals surface area contributed by atoms with Gasteiger partial charge in [0.1, 0.15) is 0 Å². The van der Waals surface area contributed by atoms with Gasteiger partial charge in [0.25, 0.3) is 0 Å². The first-order valence-corrected chi connectivity index (χ1v) is 7.40. The third-order valence-electron chi connectivity index (χ3n) is 4.63. The van der Waals surface area contributed by atoms with Crippen LogP contribution in [0.1, 0.15) is 38.5 Å². The summed E-state index contributed by atoms with van der Waals surface area (Å²) in [5.41, 5.74) is 5.37. The van der Waals surface area contributed by atoms with Crippen LogP contribution in [0.4, 0.5) is 0 Å². The Bertz CT molecular complexity index is 303. The lowest BCUT2D eigenvalue weighted by atomic mass is 9.79. The van der Waals surface area contributed by atoms with Crippen molar-refractivity contribution in [1.82, 2.24) is 5.32 Å². The first-order chi connectivity index (χ1) is 9.16. The largest absolute Gasteiger partial charge is 0.393 e. The van der Waals surface area contributed by atoms with E-state index in [0.717, 1.165) is 25.7 Å². The summed E-state index contributed by atoms with van der Waals surface area (Å²) in [6.45, 7) is 2.29. The predicted molar refractivity (Wildman–Crippen MR) is 72.5 cm³/mol. The van der Waals surface area contributed by atoms with Crippen LogP contribution in [0.3, 0.4) is 0 Å². The number of ether oxygens (including phenoxy) is 1. The van der Waals surface area contributed by atoms with E-state index in [9.17, 15) is 9.90 Å². The lowest BCUT2D eigenvalue weighted by molar-refractivity contribution is -0.136. The van der Waals surface area contributed by atoms with Gasteiger partial charge in [0.15, 0.2) is 0 Å². The average molecular weight is 270 g/mol. The molecule has 0 bridgehead atoms. The Morgan fingerprint density at radius 2 is 2.11 bits per heavy atom. The summed E-state index contributed by atoms with van der Waals surface area (Å²) in [5.74, 6) is 0.473. The van der Waals surface area contributed by atoms with E-state index >= 15 is 0 Å². The molecule has 2 atom stereocenters. The molecule has 0 radical (unpaired) electrons. The quantitative estimate of drug-likeness (QED) is 0.691. The Labute approximate surface area is 114 Å². The zero-order chi connectivity index (χ0) is 13.7. The zero-order valence-corrected chi connectivity index (χ0v) is 11.6. The van der Waals surface area contributed by atoms with E-state index in [-0.39, 0.29) is 12.0 Å². The molecule has 1 amide bonds. The minimum absolute atomic E-state index is 0.0679. The molecule has 110 valence electrons. The number of nitrogens with two attached hydrogens (primary N) is 1. The summed E-state index contributed by atoms with van der Waals surface area (Å²) in [7, 11) is 0. The summed E-state index contributed by atoms with van der Waals surface area (Å²) in [5, 5.41) is 12.7. The molecule has 0 aromatic carbocycles. The van der Waals surface area contributed by atoms with Crippen LogP contribution in [0.5, 0.6) is 0 Å². The highest BCUT2D eigenvalue weighted by Gasteiger charge is 2.38. The average Bonchev–Trinajstić information content (AvgIpc) is 2.45. The van der Waals surface area contributed by atoms with E-state index in [1.54, 1.807) is 0 Å². The Balaban J connectivity index is 1.82. The monoisotopic (exact) mass is 270 g/mol. The molecule has 0 aromatic heterocycles. The van der Waals surface area contributed by atoms with Crippen molar-refractivity contribution in [2.24, 2.45) is 17.1 Å². The fraction of sp³-hybridized carbons (Fsp3) is 0.929. The molecule has 0 aromatic rings. The topological polar surface area (TPSA) is 84.6 Å². The molecule has 2 fully saturated rings. The molecule has 1 heterocycles. The van der Waals surface area contributed by atoms with Gasteiger partial charge in [-0.2, -0.15) is 0 Å². The van der Waals surface area contributed by atoms with Crippen molar-refractivity contribution in [3.05, 3.63) is 0 Å². The van der Waals surface area contributed by atoms with Crippen LogP contribution < -0.4 is 11.1 Å². The van der Waals surface area contributed by atoms with Gasteiger partial charge in [-0.15, -0.1) is 0 Å². The van der Waals surface area contributed by atoms with Gasteiger partial charge in [-0.25, -0.2) is 0 Å². The van der Waals surface area contributed by atoms with E-state index < -0.39 is 5.41 Å². The maximum Gasteiger partial charge on any atom is 0.227 e. The predicted octanol–water partition coefficient (Wildman–Crippen LogP) is 0.409. The molecule has 4 N–H and O–H groups in total. The molecule has 1 saturated heterocycles. The molecule has 2 unspecified atom stereocenters. The SMILES string of the molecule is NCC1(C(=O)NCC2CCCC(O)C2)CCOCC1. The van der Waals surface area contributed by atoms with Crippen LogP contribution in [0.2, 0.25) is 0 Å². The van der Waals surface area contributed by atoms with Gasteiger partial charge in [-0.3, -0.25) is 4.79 Å². The molecular formula is C14H26N2O3. The molecule has 2 aliphatic rings.